The summed E-state index contributed by atoms with van der Waals surface area (Å²) in [6, 6.07) is 6.08. The smallest absolute Gasteiger partial charge is 0.189 e. The Morgan fingerprint density at radius 1 is 1.42 bits per heavy atom. The molecule has 0 saturated carbocycles. The third kappa shape index (κ3) is 6.72. The van der Waals surface area contributed by atoms with Crippen molar-refractivity contribution >= 4 is 29.9 Å². The van der Waals surface area contributed by atoms with E-state index in [2.05, 4.69) is 10.3 Å². The van der Waals surface area contributed by atoms with Crippen LogP contribution in [0.2, 0.25) is 0 Å². The van der Waals surface area contributed by atoms with Gasteiger partial charge in [0.2, 0.25) is 0 Å². The highest BCUT2D eigenvalue weighted by Crippen LogP contribution is 2.16. The van der Waals surface area contributed by atoms with Crippen LogP contribution >= 0.6 is 24.0 Å². The summed E-state index contributed by atoms with van der Waals surface area (Å²) in [5.74, 6) is -0.208. The van der Waals surface area contributed by atoms with E-state index in [0.717, 1.165) is 0 Å². The van der Waals surface area contributed by atoms with Crippen molar-refractivity contribution in [2.45, 2.75) is 32.4 Å². The van der Waals surface area contributed by atoms with Crippen LogP contribution in [0.15, 0.2) is 29.3 Å². The molecule has 0 bridgehead atoms. The minimum Gasteiger partial charge on any atom is -0.386 e. The predicted octanol–water partition coefficient (Wildman–Crippen LogP) is 2.18. The summed E-state index contributed by atoms with van der Waals surface area (Å²) in [6.07, 6.45) is -0.994. The molecular formula is C13H21FIN3O. The molecule has 1 unspecified atom stereocenters. The number of guanidine groups is 1. The lowest BCUT2D eigenvalue weighted by atomic mass is 10.1. The number of hydrogen-bond donors (Lipinski definition) is 3. The van der Waals surface area contributed by atoms with Crippen molar-refractivity contribution in [2.75, 3.05) is 6.54 Å². The van der Waals surface area contributed by atoms with E-state index in [1.807, 2.05) is 20.8 Å². The van der Waals surface area contributed by atoms with Crippen LogP contribution in [0.5, 0.6) is 0 Å². The molecule has 0 fully saturated rings. The van der Waals surface area contributed by atoms with Gasteiger partial charge in [0.05, 0.1) is 6.54 Å². The zero-order valence-electron chi connectivity index (χ0n) is 11.4. The fourth-order valence-electron chi connectivity index (χ4n) is 1.45. The number of benzene rings is 1. The van der Waals surface area contributed by atoms with E-state index in [1.54, 1.807) is 12.1 Å². The maximum atomic E-state index is 13.4. The Balaban J connectivity index is 0.00000324. The van der Waals surface area contributed by atoms with Crippen LogP contribution in [0.4, 0.5) is 4.39 Å². The average Bonchev–Trinajstić information content (AvgIpc) is 2.24. The lowest BCUT2D eigenvalue weighted by Crippen LogP contribution is -2.45. The molecule has 0 saturated heterocycles. The summed E-state index contributed by atoms with van der Waals surface area (Å²) < 4.78 is 13.4. The van der Waals surface area contributed by atoms with Crippen LogP contribution in [0.3, 0.4) is 0 Å². The third-order valence-corrected chi connectivity index (χ3v) is 2.20. The van der Waals surface area contributed by atoms with Crippen LogP contribution < -0.4 is 11.1 Å². The van der Waals surface area contributed by atoms with Crippen molar-refractivity contribution in [3.05, 3.63) is 35.6 Å². The maximum absolute atomic E-state index is 13.4. The van der Waals surface area contributed by atoms with E-state index >= 15 is 0 Å². The second-order valence-electron chi connectivity index (χ2n) is 5.14. The minimum absolute atomic E-state index is 0. The van der Waals surface area contributed by atoms with Crippen molar-refractivity contribution in [2.24, 2.45) is 10.7 Å². The number of nitrogens with two attached hydrogens (primary N) is 1. The molecule has 0 radical (unpaired) electrons. The van der Waals surface area contributed by atoms with Crippen molar-refractivity contribution in [1.82, 2.24) is 5.32 Å². The van der Waals surface area contributed by atoms with Gasteiger partial charge in [-0.25, -0.2) is 4.39 Å². The van der Waals surface area contributed by atoms with E-state index < -0.39 is 11.9 Å². The number of aliphatic hydroxyl groups excluding tert-OH is 1. The molecule has 6 heteroatoms. The van der Waals surface area contributed by atoms with E-state index in [-0.39, 0.29) is 47.6 Å². The van der Waals surface area contributed by atoms with Gasteiger partial charge in [-0.3, -0.25) is 4.99 Å². The highest BCUT2D eigenvalue weighted by molar-refractivity contribution is 14.0. The van der Waals surface area contributed by atoms with Gasteiger partial charge in [0.1, 0.15) is 11.9 Å². The molecule has 0 aromatic heterocycles. The molecule has 0 aliphatic rings. The first-order valence-electron chi connectivity index (χ1n) is 5.80. The lowest BCUT2D eigenvalue weighted by Gasteiger charge is -2.21. The maximum Gasteiger partial charge on any atom is 0.189 e. The first-order valence-corrected chi connectivity index (χ1v) is 5.80. The number of nitrogens with zero attached hydrogens (tertiary/aromatic N) is 1. The number of aliphatic hydroxyl groups is 1. The predicted molar refractivity (Wildman–Crippen MR) is 86.2 cm³/mol. The van der Waals surface area contributed by atoms with Crippen LogP contribution in [-0.2, 0) is 0 Å². The van der Waals surface area contributed by atoms with Crippen LogP contribution in [0, 0.1) is 5.82 Å². The molecule has 4 nitrogen and oxygen atoms in total. The van der Waals surface area contributed by atoms with Crippen molar-refractivity contribution < 1.29 is 9.50 Å². The Hall–Kier alpha value is -0.890. The molecule has 0 amide bonds. The molecule has 1 aromatic rings. The van der Waals surface area contributed by atoms with E-state index in [1.165, 1.54) is 12.1 Å². The minimum atomic E-state index is -0.994. The van der Waals surface area contributed by atoms with Gasteiger partial charge in [0, 0.05) is 11.1 Å². The van der Waals surface area contributed by atoms with Gasteiger partial charge in [-0.15, -0.1) is 24.0 Å². The van der Waals surface area contributed by atoms with Crippen molar-refractivity contribution in [1.29, 1.82) is 0 Å². The standard InChI is InChI=1S/C13H20FN3O.HI/c1-13(2,3)17-12(15)16-8-11(18)9-6-4-5-7-10(9)14;/h4-7,11,18H,8H2,1-3H3,(H3,15,16,17);1H. The van der Waals surface area contributed by atoms with Gasteiger partial charge in [0.15, 0.2) is 5.96 Å². The van der Waals surface area contributed by atoms with Gasteiger partial charge in [0.25, 0.3) is 0 Å². The van der Waals surface area contributed by atoms with Crippen LogP contribution in [-0.4, -0.2) is 23.1 Å². The second-order valence-corrected chi connectivity index (χ2v) is 5.14. The zero-order valence-corrected chi connectivity index (χ0v) is 13.7. The quantitative estimate of drug-likeness (QED) is 0.427. The molecule has 4 N–H and O–H groups in total. The number of halogens is 2. The molecule has 1 rings (SSSR count). The Morgan fingerprint density at radius 2 is 2.00 bits per heavy atom. The SMILES string of the molecule is CC(C)(C)NC(N)=NCC(O)c1ccccc1F.I. The van der Waals surface area contributed by atoms with Crippen LogP contribution in [0.25, 0.3) is 0 Å². The van der Waals surface area contributed by atoms with E-state index in [9.17, 15) is 9.50 Å². The first-order chi connectivity index (χ1) is 8.29. The highest BCUT2D eigenvalue weighted by atomic mass is 127. The van der Waals surface area contributed by atoms with Crippen molar-refractivity contribution in [3.8, 4) is 0 Å². The lowest BCUT2D eigenvalue weighted by molar-refractivity contribution is 0.182. The normalized spacial score (nSPS) is 13.6. The summed E-state index contributed by atoms with van der Waals surface area (Å²) in [4.78, 5) is 3.99. The number of rotatable bonds is 3. The molecule has 0 aliphatic heterocycles. The summed E-state index contributed by atoms with van der Waals surface area (Å²) in [6.45, 7) is 5.86. The fraction of sp³-hybridized carbons (Fsp3) is 0.462. The van der Waals surface area contributed by atoms with Gasteiger partial charge in [-0.2, -0.15) is 0 Å². The fourth-order valence-corrected chi connectivity index (χ4v) is 1.45. The second kappa shape index (κ2) is 7.64. The van der Waals surface area contributed by atoms with Gasteiger partial charge in [-0.1, -0.05) is 18.2 Å². The Bertz CT molecular complexity index is 432. The van der Waals surface area contributed by atoms with Crippen molar-refractivity contribution in [3.63, 3.8) is 0 Å². The topological polar surface area (TPSA) is 70.6 Å². The van der Waals surface area contributed by atoms with E-state index in [4.69, 9.17) is 5.73 Å². The zero-order chi connectivity index (χ0) is 13.8. The summed E-state index contributed by atoms with van der Waals surface area (Å²) in [5.41, 5.74) is 5.69. The van der Waals surface area contributed by atoms with Gasteiger partial charge in [-0.05, 0) is 26.8 Å². The Kier molecular flexibility index (Phi) is 7.28. The van der Waals surface area contributed by atoms with Gasteiger partial charge >= 0.3 is 0 Å². The molecule has 1 atom stereocenters. The monoisotopic (exact) mass is 381 g/mol. The average molecular weight is 381 g/mol. The molecule has 0 spiro atoms. The molecule has 108 valence electrons. The highest BCUT2D eigenvalue weighted by Gasteiger charge is 2.13. The van der Waals surface area contributed by atoms with Crippen LogP contribution in [0.1, 0.15) is 32.4 Å². The summed E-state index contributed by atoms with van der Waals surface area (Å²) in [7, 11) is 0. The Morgan fingerprint density at radius 3 is 2.53 bits per heavy atom. The number of nitrogens with one attached hydrogen (secondary N) is 1. The molecule has 0 heterocycles. The van der Waals surface area contributed by atoms with E-state index in [0.29, 0.717) is 0 Å². The molecular weight excluding hydrogens is 360 g/mol. The molecule has 19 heavy (non-hydrogen) atoms. The summed E-state index contributed by atoms with van der Waals surface area (Å²) in [5, 5.41) is 12.8. The number of aliphatic imine (C=N–C) groups is 1. The largest absolute Gasteiger partial charge is 0.386 e. The molecule has 1 aromatic carbocycles. The first kappa shape index (κ1) is 18.1. The Labute approximate surface area is 130 Å². The molecule has 0 aliphatic carbocycles. The number of hydrogen-bond acceptors (Lipinski definition) is 2. The van der Waals surface area contributed by atoms with Gasteiger partial charge < -0.3 is 16.2 Å². The third-order valence-electron chi connectivity index (χ3n) is 2.20. The summed E-state index contributed by atoms with van der Waals surface area (Å²) >= 11 is 0.